The minimum absolute atomic E-state index is 1.14. The Morgan fingerprint density at radius 1 is 1.00 bits per heavy atom. The second kappa shape index (κ2) is 4.08. The highest BCUT2D eigenvalue weighted by Gasteiger charge is 2.11. The summed E-state index contributed by atoms with van der Waals surface area (Å²) in [6, 6.07) is 8.79. The van der Waals surface area contributed by atoms with Crippen molar-refractivity contribution in [3.8, 4) is 0 Å². The molecule has 17 heavy (non-hydrogen) atoms. The van der Waals surface area contributed by atoms with Crippen molar-refractivity contribution in [1.29, 1.82) is 0 Å². The molecule has 3 aromatic rings. The summed E-state index contributed by atoms with van der Waals surface area (Å²) in [6.07, 6.45) is 0. The molecule has 0 fully saturated rings. The van der Waals surface area contributed by atoms with Gasteiger partial charge in [0.2, 0.25) is 0 Å². The van der Waals surface area contributed by atoms with Gasteiger partial charge in [0.05, 0.1) is 0 Å². The van der Waals surface area contributed by atoms with Crippen LogP contribution in [0.3, 0.4) is 0 Å². The summed E-state index contributed by atoms with van der Waals surface area (Å²) in [4.78, 5) is 0. The molecule has 0 saturated carbocycles. The number of fused-ring (bicyclic) bond motifs is 3. The van der Waals surface area contributed by atoms with E-state index in [1.54, 1.807) is 0 Å². The topological polar surface area (TPSA) is 0 Å². The first-order chi connectivity index (χ1) is 8.08. The first-order valence-electron chi connectivity index (χ1n) is 5.35. The van der Waals surface area contributed by atoms with Crippen molar-refractivity contribution < 1.29 is 0 Å². The SMILES string of the molecule is Cc1cc2c(sc3cc(Br)ccc32)c(C)c1Br. The van der Waals surface area contributed by atoms with Gasteiger partial charge in [-0.2, -0.15) is 0 Å². The Hall–Kier alpha value is -0.380. The Labute approximate surface area is 121 Å². The number of aryl methyl sites for hydroxylation is 2. The van der Waals surface area contributed by atoms with Gasteiger partial charge in [0, 0.05) is 29.1 Å². The molecule has 0 aliphatic heterocycles. The van der Waals surface area contributed by atoms with Crippen LogP contribution in [0.5, 0.6) is 0 Å². The van der Waals surface area contributed by atoms with Crippen molar-refractivity contribution in [2.45, 2.75) is 13.8 Å². The first-order valence-corrected chi connectivity index (χ1v) is 7.75. The molecule has 0 nitrogen and oxygen atoms in total. The maximum atomic E-state index is 3.67. The molecule has 0 radical (unpaired) electrons. The summed E-state index contributed by atoms with van der Waals surface area (Å²) in [5.41, 5.74) is 2.65. The molecule has 0 saturated heterocycles. The number of hydrogen-bond donors (Lipinski definition) is 0. The molecule has 0 aliphatic carbocycles. The van der Waals surface area contributed by atoms with E-state index in [0.717, 1.165) is 4.47 Å². The summed E-state index contributed by atoms with van der Waals surface area (Å²) in [6.45, 7) is 4.34. The van der Waals surface area contributed by atoms with Crippen LogP contribution in [-0.4, -0.2) is 0 Å². The lowest BCUT2D eigenvalue weighted by Gasteiger charge is -2.04. The van der Waals surface area contributed by atoms with Gasteiger partial charge in [-0.05, 0) is 43.2 Å². The van der Waals surface area contributed by atoms with Crippen molar-refractivity contribution in [2.75, 3.05) is 0 Å². The van der Waals surface area contributed by atoms with Gasteiger partial charge in [0.25, 0.3) is 0 Å². The lowest BCUT2D eigenvalue weighted by atomic mass is 10.1. The van der Waals surface area contributed by atoms with Crippen LogP contribution < -0.4 is 0 Å². The zero-order valence-corrected chi connectivity index (χ0v) is 13.5. The van der Waals surface area contributed by atoms with Gasteiger partial charge in [0.1, 0.15) is 0 Å². The van der Waals surface area contributed by atoms with Crippen molar-refractivity contribution >= 4 is 63.4 Å². The normalized spacial score (nSPS) is 11.5. The van der Waals surface area contributed by atoms with Gasteiger partial charge < -0.3 is 0 Å². The molecule has 1 heterocycles. The fourth-order valence-electron chi connectivity index (χ4n) is 2.19. The lowest BCUT2D eigenvalue weighted by Crippen LogP contribution is -1.81. The fourth-order valence-corrected chi connectivity index (χ4v) is 4.37. The minimum atomic E-state index is 1.14. The predicted molar refractivity (Wildman–Crippen MR) is 84.2 cm³/mol. The largest absolute Gasteiger partial charge is 0.135 e. The summed E-state index contributed by atoms with van der Waals surface area (Å²) in [7, 11) is 0. The monoisotopic (exact) mass is 368 g/mol. The average Bonchev–Trinajstić information content (AvgIpc) is 2.64. The Morgan fingerprint density at radius 3 is 2.53 bits per heavy atom. The number of hydrogen-bond acceptors (Lipinski definition) is 1. The van der Waals surface area contributed by atoms with Gasteiger partial charge in [-0.1, -0.05) is 37.9 Å². The van der Waals surface area contributed by atoms with E-state index in [0.29, 0.717) is 0 Å². The molecule has 0 amide bonds. The van der Waals surface area contributed by atoms with Gasteiger partial charge in [-0.3, -0.25) is 0 Å². The van der Waals surface area contributed by atoms with E-state index in [-0.39, 0.29) is 0 Å². The van der Waals surface area contributed by atoms with Crippen molar-refractivity contribution in [1.82, 2.24) is 0 Å². The zero-order valence-electron chi connectivity index (χ0n) is 9.47. The molecule has 2 aromatic carbocycles. The van der Waals surface area contributed by atoms with Crippen LogP contribution in [0, 0.1) is 13.8 Å². The predicted octanol–water partition coefficient (Wildman–Crippen LogP) is 6.20. The van der Waals surface area contributed by atoms with Crippen molar-refractivity contribution in [3.05, 3.63) is 44.3 Å². The van der Waals surface area contributed by atoms with Crippen LogP contribution in [0.25, 0.3) is 20.2 Å². The quantitative estimate of drug-likeness (QED) is 0.442. The number of halogens is 2. The molecular formula is C14H10Br2S. The standard InChI is InChI=1S/C14H10Br2S/c1-7-5-11-10-4-3-9(15)6-12(10)17-14(11)8(2)13(7)16/h3-6H,1-2H3. The maximum absolute atomic E-state index is 3.67. The van der Waals surface area contributed by atoms with E-state index < -0.39 is 0 Å². The zero-order chi connectivity index (χ0) is 12.2. The highest BCUT2D eigenvalue weighted by atomic mass is 79.9. The van der Waals surface area contributed by atoms with Crippen LogP contribution in [0.15, 0.2) is 33.2 Å². The number of thiophene rings is 1. The Bertz CT molecular complexity index is 741. The molecule has 0 bridgehead atoms. The maximum Gasteiger partial charge on any atom is 0.0396 e. The minimum Gasteiger partial charge on any atom is -0.135 e. The van der Waals surface area contributed by atoms with Gasteiger partial charge in [-0.25, -0.2) is 0 Å². The van der Waals surface area contributed by atoms with Crippen LogP contribution in [0.1, 0.15) is 11.1 Å². The molecular weight excluding hydrogens is 360 g/mol. The molecule has 0 N–H and O–H groups in total. The molecule has 1 aromatic heterocycles. The first kappa shape index (κ1) is 11.7. The molecule has 0 atom stereocenters. The van der Waals surface area contributed by atoms with E-state index in [2.05, 4.69) is 70.0 Å². The van der Waals surface area contributed by atoms with Crippen molar-refractivity contribution in [2.24, 2.45) is 0 Å². The third-order valence-electron chi connectivity index (χ3n) is 3.07. The van der Waals surface area contributed by atoms with E-state index in [1.807, 2.05) is 11.3 Å². The smallest absolute Gasteiger partial charge is 0.0396 e. The second-order valence-electron chi connectivity index (χ2n) is 4.25. The average molecular weight is 370 g/mol. The summed E-state index contributed by atoms with van der Waals surface area (Å²) in [5.74, 6) is 0. The van der Waals surface area contributed by atoms with Crippen molar-refractivity contribution in [3.63, 3.8) is 0 Å². The third kappa shape index (κ3) is 1.76. The molecule has 0 spiro atoms. The van der Waals surface area contributed by atoms with Crippen LogP contribution in [0.4, 0.5) is 0 Å². The Morgan fingerprint density at radius 2 is 1.76 bits per heavy atom. The lowest BCUT2D eigenvalue weighted by molar-refractivity contribution is 1.40. The summed E-state index contributed by atoms with van der Waals surface area (Å²) >= 11 is 9.07. The highest BCUT2D eigenvalue weighted by Crippen LogP contribution is 2.40. The molecule has 0 unspecified atom stereocenters. The third-order valence-corrected chi connectivity index (χ3v) is 6.07. The second-order valence-corrected chi connectivity index (χ2v) is 7.01. The van der Waals surface area contributed by atoms with E-state index in [9.17, 15) is 0 Å². The highest BCUT2D eigenvalue weighted by molar-refractivity contribution is 9.10. The Balaban J connectivity index is 2.56. The van der Waals surface area contributed by atoms with Crippen LogP contribution >= 0.6 is 43.2 Å². The number of rotatable bonds is 0. The summed E-state index contributed by atoms with van der Waals surface area (Å²) in [5, 5.41) is 2.72. The molecule has 0 aliphatic rings. The van der Waals surface area contributed by atoms with E-state index in [4.69, 9.17) is 0 Å². The fraction of sp³-hybridized carbons (Fsp3) is 0.143. The number of benzene rings is 2. The van der Waals surface area contributed by atoms with Gasteiger partial charge in [-0.15, -0.1) is 11.3 Å². The van der Waals surface area contributed by atoms with Gasteiger partial charge in [0.15, 0.2) is 0 Å². The summed E-state index contributed by atoms with van der Waals surface area (Å²) < 4.78 is 5.10. The molecule has 3 heteroatoms. The van der Waals surface area contributed by atoms with E-state index >= 15 is 0 Å². The Kier molecular flexibility index (Phi) is 2.80. The molecule has 86 valence electrons. The van der Waals surface area contributed by atoms with E-state index in [1.165, 1.54) is 35.8 Å². The van der Waals surface area contributed by atoms with Gasteiger partial charge >= 0.3 is 0 Å². The van der Waals surface area contributed by atoms with Crippen LogP contribution in [-0.2, 0) is 0 Å². The van der Waals surface area contributed by atoms with Crippen LogP contribution in [0.2, 0.25) is 0 Å². The molecule has 3 rings (SSSR count).